The minimum Gasteiger partial charge on any atom is -0.481 e. The van der Waals surface area contributed by atoms with Crippen molar-refractivity contribution in [1.29, 1.82) is 0 Å². The molecule has 0 aliphatic carbocycles. The summed E-state index contributed by atoms with van der Waals surface area (Å²) in [6, 6.07) is 0. The number of ether oxygens (including phenoxy) is 1. The van der Waals surface area contributed by atoms with E-state index in [4.69, 9.17) is 4.74 Å². The van der Waals surface area contributed by atoms with E-state index in [-0.39, 0.29) is 0 Å². The Kier molecular flexibility index (Phi) is 5.85. The van der Waals surface area contributed by atoms with E-state index in [1.165, 1.54) is 0 Å². The van der Waals surface area contributed by atoms with Crippen LogP contribution in [0.15, 0.2) is 12.4 Å². The third-order valence-electron chi connectivity index (χ3n) is 4.47. The number of carboxylic acid groups (broad SMARTS) is 1. The Labute approximate surface area is 131 Å². The van der Waals surface area contributed by atoms with Crippen LogP contribution in [0.3, 0.4) is 0 Å². The van der Waals surface area contributed by atoms with Crippen molar-refractivity contribution in [1.82, 2.24) is 14.9 Å². The van der Waals surface area contributed by atoms with E-state index >= 15 is 0 Å². The maximum atomic E-state index is 11.8. The van der Waals surface area contributed by atoms with Gasteiger partial charge in [0.1, 0.15) is 0 Å². The molecule has 0 radical (unpaired) electrons. The molecule has 22 heavy (non-hydrogen) atoms. The van der Waals surface area contributed by atoms with E-state index in [2.05, 4.69) is 14.9 Å². The Morgan fingerprint density at radius 3 is 2.91 bits per heavy atom. The number of rotatable bonds is 7. The van der Waals surface area contributed by atoms with Crippen molar-refractivity contribution in [2.45, 2.75) is 39.2 Å². The third kappa shape index (κ3) is 4.01. The van der Waals surface area contributed by atoms with Gasteiger partial charge in [0.15, 0.2) is 0 Å². The Bertz CT molecular complexity index is 509. The normalized spacial score (nSPS) is 22.6. The van der Waals surface area contributed by atoms with E-state index in [9.17, 15) is 9.90 Å². The van der Waals surface area contributed by atoms with Crippen molar-refractivity contribution < 1.29 is 14.6 Å². The zero-order valence-electron chi connectivity index (χ0n) is 13.4. The second-order valence-corrected chi connectivity index (χ2v) is 6.08. The predicted molar refractivity (Wildman–Crippen MR) is 82.5 cm³/mol. The fourth-order valence-corrected chi connectivity index (χ4v) is 3.21. The Hall–Kier alpha value is -1.53. The topological polar surface area (TPSA) is 75.6 Å². The van der Waals surface area contributed by atoms with Gasteiger partial charge in [-0.15, -0.1) is 0 Å². The summed E-state index contributed by atoms with van der Waals surface area (Å²) in [6.45, 7) is 4.70. The highest BCUT2D eigenvalue weighted by atomic mass is 16.5. The summed E-state index contributed by atoms with van der Waals surface area (Å²) in [5, 5.41) is 9.73. The van der Waals surface area contributed by atoms with E-state index in [0.717, 1.165) is 37.2 Å². The molecule has 1 N–H and O–H groups in total. The van der Waals surface area contributed by atoms with Crippen LogP contribution < -0.4 is 0 Å². The minimum absolute atomic E-state index is 0.571. The molecule has 6 nitrogen and oxygen atoms in total. The van der Waals surface area contributed by atoms with Crippen LogP contribution in [-0.4, -0.2) is 52.7 Å². The van der Waals surface area contributed by atoms with Gasteiger partial charge in [-0.1, -0.05) is 0 Å². The monoisotopic (exact) mass is 307 g/mol. The van der Waals surface area contributed by atoms with Crippen LogP contribution in [0.25, 0.3) is 0 Å². The number of aromatic nitrogens is 2. The lowest BCUT2D eigenvalue weighted by atomic mass is 9.76. The average molecular weight is 307 g/mol. The summed E-state index contributed by atoms with van der Waals surface area (Å²) in [5.41, 5.74) is 1.18. The van der Waals surface area contributed by atoms with Crippen molar-refractivity contribution in [2.24, 2.45) is 5.41 Å². The van der Waals surface area contributed by atoms with Crippen LogP contribution in [0.2, 0.25) is 0 Å². The number of piperidine rings is 1. The van der Waals surface area contributed by atoms with Crippen LogP contribution in [0.1, 0.15) is 37.1 Å². The fraction of sp³-hybridized carbons (Fsp3) is 0.688. The van der Waals surface area contributed by atoms with Crippen molar-refractivity contribution >= 4 is 5.97 Å². The van der Waals surface area contributed by atoms with E-state index < -0.39 is 11.4 Å². The number of methoxy groups -OCH3 is 1. The molecule has 6 heteroatoms. The first-order valence-corrected chi connectivity index (χ1v) is 7.78. The second-order valence-electron chi connectivity index (χ2n) is 6.08. The molecule has 1 atom stereocenters. The molecule has 1 aliphatic rings. The average Bonchev–Trinajstić information content (AvgIpc) is 2.50. The van der Waals surface area contributed by atoms with E-state index in [0.29, 0.717) is 26.1 Å². The van der Waals surface area contributed by atoms with Gasteiger partial charge in [0.2, 0.25) is 0 Å². The molecular weight excluding hydrogens is 282 g/mol. The minimum atomic E-state index is -0.691. The Morgan fingerprint density at radius 1 is 1.45 bits per heavy atom. The molecule has 122 valence electrons. The standard InChI is InChI=1S/C16H25N3O3/c1-13-14(18-8-7-17-13)11-19-9-3-5-16(12-19,15(20)21)6-4-10-22-2/h7-8H,3-6,9-12H2,1-2H3,(H,20,21)/t16-/m1/s1. The zero-order chi connectivity index (χ0) is 16.0. The number of hydrogen-bond acceptors (Lipinski definition) is 5. The highest BCUT2D eigenvalue weighted by Crippen LogP contribution is 2.35. The number of nitrogens with zero attached hydrogens (tertiary/aromatic N) is 3. The summed E-state index contributed by atoms with van der Waals surface area (Å²) in [4.78, 5) is 22.7. The lowest BCUT2D eigenvalue weighted by Crippen LogP contribution is -2.47. The van der Waals surface area contributed by atoms with Crippen LogP contribution in [0.4, 0.5) is 0 Å². The summed E-state index contributed by atoms with van der Waals surface area (Å²) in [6.07, 6.45) is 6.45. The quantitative estimate of drug-likeness (QED) is 0.775. The molecule has 2 heterocycles. The van der Waals surface area contributed by atoms with Crippen molar-refractivity contribution in [3.63, 3.8) is 0 Å². The number of likely N-dealkylation sites (tertiary alicyclic amines) is 1. The SMILES string of the molecule is COCCC[C@]1(C(=O)O)CCCN(Cc2nccnc2C)C1. The van der Waals surface area contributed by atoms with Crippen LogP contribution in [0.5, 0.6) is 0 Å². The first-order valence-electron chi connectivity index (χ1n) is 7.78. The van der Waals surface area contributed by atoms with Gasteiger partial charge in [0, 0.05) is 39.2 Å². The van der Waals surface area contributed by atoms with Crippen LogP contribution >= 0.6 is 0 Å². The molecule has 2 rings (SSSR count). The first kappa shape index (κ1) is 16.8. The highest BCUT2D eigenvalue weighted by Gasteiger charge is 2.41. The smallest absolute Gasteiger partial charge is 0.310 e. The summed E-state index contributed by atoms with van der Waals surface area (Å²) in [5.74, 6) is -0.691. The molecule has 1 fully saturated rings. The van der Waals surface area contributed by atoms with Crippen LogP contribution in [-0.2, 0) is 16.1 Å². The molecular formula is C16H25N3O3. The number of aryl methyl sites for hydroxylation is 1. The number of carboxylic acids is 1. The number of aliphatic carboxylic acids is 1. The van der Waals surface area contributed by atoms with Crippen molar-refractivity contribution in [2.75, 3.05) is 26.8 Å². The molecule has 1 saturated heterocycles. The van der Waals surface area contributed by atoms with Gasteiger partial charge >= 0.3 is 5.97 Å². The molecule has 1 aromatic rings. The fourth-order valence-electron chi connectivity index (χ4n) is 3.21. The van der Waals surface area contributed by atoms with Gasteiger partial charge in [-0.25, -0.2) is 0 Å². The molecule has 0 aromatic carbocycles. The van der Waals surface area contributed by atoms with Gasteiger partial charge < -0.3 is 9.84 Å². The van der Waals surface area contributed by atoms with Crippen molar-refractivity contribution in [3.05, 3.63) is 23.8 Å². The summed E-state index contributed by atoms with van der Waals surface area (Å²) < 4.78 is 5.07. The maximum Gasteiger partial charge on any atom is 0.310 e. The Balaban J connectivity index is 2.05. The number of hydrogen-bond donors (Lipinski definition) is 1. The van der Waals surface area contributed by atoms with E-state index in [1.54, 1.807) is 19.5 Å². The van der Waals surface area contributed by atoms with Gasteiger partial charge in [-0.05, 0) is 39.2 Å². The van der Waals surface area contributed by atoms with Gasteiger partial charge in [0.05, 0.1) is 16.8 Å². The Morgan fingerprint density at radius 2 is 2.23 bits per heavy atom. The van der Waals surface area contributed by atoms with Crippen LogP contribution in [0, 0.1) is 12.3 Å². The van der Waals surface area contributed by atoms with E-state index in [1.807, 2.05) is 6.92 Å². The summed E-state index contributed by atoms with van der Waals surface area (Å²) in [7, 11) is 1.65. The molecule has 0 saturated carbocycles. The number of carbonyl (C=O) groups is 1. The van der Waals surface area contributed by atoms with Gasteiger partial charge in [-0.2, -0.15) is 0 Å². The maximum absolute atomic E-state index is 11.8. The lowest BCUT2D eigenvalue weighted by molar-refractivity contribution is -0.153. The molecule has 0 amide bonds. The largest absolute Gasteiger partial charge is 0.481 e. The second kappa shape index (κ2) is 7.65. The highest BCUT2D eigenvalue weighted by molar-refractivity contribution is 5.75. The van der Waals surface area contributed by atoms with Gasteiger partial charge in [-0.3, -0.25) is 19.7 Å². The third-order valence-corrected chi connectivity index (χ3v) is 4.47. The lowest BCUT2D eigenvalue weighted by Gasteiger charge is -2.40. The molecule has 0 bridgehead atoms. The molecule has 1 aromatic heterocycles. The molecule has 0 spiro atoms. The molecule has 1 aliphatic heterocycles. The molecule has 0 unspecified atom stereocenters. The van der Waals surface area contributed by atoms with Gasteiger partial charge in [0.25, 0.3) is 0 Å². The predicted octanol–water partition coefficient (Wildman–Crippen LogP) is 1.88. The van der Waals surface area contributed by atoms with Crippen molar-refractivity contribution in [3.8, 4) is 0 Å². The summed E-state index contributed by atoms with van der Waals surface area (Å²) >= 11 is 0. The zero-order valence-corrected chi connectivity index (χ0v) is 13.4. The first-order chi connectivity index (χ1) is 10.6.